The minimum absolute atomic E-state index is 0.00864. The molecule has 0 aliphatic carbocycles. The fourth-order valence-electron chi connectivity index (χ4n) is 1.87. The number of carbonyl (C=O) groups excluding carboxylic acids is 1. The molecule has 0 aromatic carbocycles. The zero-order valence-electron chi connectivity index (χ0n) is 12.4. The Bertz CT molecular complexity index is 447. The van der Waals surface area contributed by atoms with E-state index in [0.717, 1.165) is 23.7 Å². The highest BCUT2D eigenvalue weighted by Gasteiger charge is 2.14. The van der Waals surface area contributed by atoms with Crippen LogP contribution in [0.3, 0.4) is 0 Å². The smallest absolute Gasteiger partial charge is 0.239 e. The van der Waals surface area contributed by atoms with Crippen LogP contribution >= 0.6 is 0 Å². The van der Waals surface area contributed by atoms with Crippen LogP contribution < -0.4 is 15.5 Å². The lowest BCUT2D eigenvalue weighted by Crippen LogP contribution is -2.35. The second kappa shape index (κ2) is 6.92. The largest absolute Gasteiger partial charge is 0.370 e. The van der Waals surface area contributed by atoms with Crippen LogP contribution in [0.4, 0.5) is 11.6 Å². The van der Waals surface area contributed by atoms with Crippen LogP contribution in [0.25, 0.3) is 0 Å². The molecule has 0 fully saturated rings. The van der Waals surface area contributed by atoms with E-state index in [4.69, 9.17) is 0 Å². The van der Waals surface area contributed by atoms with Gasteiger partial charge in [-0.05, 0) is 27.7 Å². The van der Waals surface area contributed by atoms with Crippen LogP contribution in [-0.2, 0) is 4.79 Å². The molecule has 6 nitrogen and oxygen atoms in total. The molecule has 1 heterocycles. The molecule has 0 radical (unpaired) electrons. The van der Waals surface area contributed by atoms with Gasteiger partial charge in [0.15, 0.2) is 0 Å². The van der Waals surface area contributed by atoms with E-state index in [1.54, 1.807) is 0 Å². The van der Waals surface area contributed by atoms with Crippen molar-refractivity contribution in [3.8, 4) is 0 Å². The number of aryl methyl sites for hydroxylation is 1. The van der Waals surface area contributed by atoms with Gasteiger partial charge in [-0.25, -0.2) is 9.97 Å². The van der Waals surface area contributed by atoms with Gasteiger partial charge in [-0.1, -0.05) is 0 Å². The molecule has 0 unspecified atom stereocenters. The molecule has 0 atom stereocenters. The molecule has 0 bridgehead atoms. The summed E-state index contributed by atoms with van der Waals surface area (Å²) in [6.45, 7) is 9.46. The van der Waals surface area contributed by atoms with E-state index in [1.807, 2.05) is 39.6 Å². The van der Waals surface area contributed by atoms with Gasteiger partial charge < -0.3 is 15.5 Å². The first-order valence-electron chi connectivity index (χ1n) is 6.56. The number of amides is 1. The van der Waals surface area contributed by atoms with Crippen LogP contribution in [0.2, 0.25) is 0 Å². The van der Waals surface area contributed by atoms with Gasteiger partial charge in [0.25, 0.3) is 0 Å². The summed E-state index contributed by atoms with van der Waals surface area (Å²) in [4.78, 5) is 22.3. The molecule has 1 amide bonds. The number of nitrogens with one attached hydrogen (secondary N) is 2. The van der Waals surface area contributed by atoms with Crippen molar-refractivity contribution in [1.29, 1.82) is 0 Å². The van der Waals surface area contributed by atoms with E-state index < -0.39 is 0 Å². The molecule has 0 aliphatic heterocycles. The van der Waals surface area contributed by atoms with Gasteiger partial charge in [0.05, 0.1) is 6.54 Å². The molecule has 0 aliphatic rings. The molecule has 6 heteroatoms. The average molecular weight is 265 g/mol. The molecule has 1 rings (SSSR count). The lowest BCUT2D eigenvalue weighted by atomic mass is 10.2. The van der Waals surface area contributed by atoms with Crippen LogP contribution in [0.5, 0.6) is 0 Å². The summed E-state index contributed by atoms with van der Waals surface area (Å²) in [5, 5.41) is 5.99. The zero-order valence-corrected chi connectivity index (χ0v) is 12.4. The Morgan fingerprint density at radius 2 is 1.89 bits per heavy atom. The minimum atomic E-state index is -0.00864. The van der Waals surface area contributed by atoms with Gasteiger partial charge >= 0.3 is 0 Å². The van der Waals surface area contributed by atoms with Gasteiger partial charge in [0, 0.05) is 25.7 Å². The lowest BCUT2D eigenvalue weighted by molar-refractivity contribution is -0.119. The molecule has 1 aromatic heterocycles. The summed E-state index contributed by atoms with van der Waals surface area (Å²) >= 11 is 0. The molecule has 0 saturated carbocycles. The van der Waals surface area contributed by atoms with Gasteiger partial charge in [0.2, 0.25) is 5.91 Å². The van der Waals surface area contributed by atoms with E-state index in [2.05, 4.69) is 20.6 Å². The Morgan fingerprint density at radius 3 is 2.47 bits per heavy atom. The number of aromatic nitrogens is 2. The number of anilines is 2. The third-order valence-electron chi connectivity index (χ3n) is 2.69. The molecule has 2 N–H and O–H groups in total. The highest BCUT2D eigenvalue weighted by Crippen LogP contribution is 2.22. The maximum Gasteiger partial charge on any atom is 0.239 e. The molecule has 106 valence electrons. The second-order valence-corrected chi connectivity index (χ2v) is 4.41. The van der Waals surface area contributed by atoms with Gasteiger partial charge in [-0.3, -0.25) is 4.79 Å². The molecule has 0 spiro atoms. The predicted octanol–water partition coefficient (Wildman–Crippen LogP) is 1.10. The number of likely N-dealkylation sites (N-methyl/N-ethyl adjacent to an activating group) is 2. The Labute approximate surface area is 114 Å². The standard InChI is InChI=1S/C13H23N5O/c1-6-14-11(19)8-18(5)13-9(3)12(15-7-2)16-10(4)17-13/h6-8H2,1-5H3,(H,14,19)(H,15,16,17). The Hall–Kier alpha value is -1.85. The monoisotopic (exact) mass is 265 g/mol. The SMILES string of the molecule is CCNC(=O)CN(C)c1nc(C)nc(NCC)c1C. The predicted molar refractivity (Wildman–Crippen MR) is 77.6 cm³/mol. The quantitative estimate of drug-likeness (QED) is 0.806. The highest BCUT2D eigenvalue weighted by atomic mass is 16.2. The summed E-state index contributed by atoms with van der Waals surface area (Å²) in [5.74, 6) is 2.30. The number of nitrogens with zero attached hydrogens (tertiary/aromatic N) is 3. The summed E-state index contributed by atoms with van der Waals surface area (Å²) in [5.41, 5.74) is 0.958. The fraction of sp³-hybridized carbons (Fsp3) is 0.615. The van der Waals surface area contributed by atoms with Crippen molar-refractivity contribution >= 4 is 17.5 Å². The summed E-state index contributed by atoms with van der Waals surface area (Å²) in [6.07, 6.45) is 0. The van der Waals surface area contributed by atoms with Crippen LogP contribution in [0.15, 0.2) is 0 Å². The molecular formula is C13H23N5O. The summed E-state index contributed by atoms with van der Waals surface area (Å²) < 4.78 is 0. The van der Waals surface area contributed by atoms with Crippen molar-refractivity contribution in [1.82, 2.24) is 15.3 Å². The van der Waals surface area contributed by atoms with Gasteiger partial charge in [0.1, 0.15) is 17.5 Å². The maximum absolute atomic E-state index is 11.6. The molecule has 19 heavy (non-hydrogen) atoms. The van der Waals surface area contributed by atoms with Crippen molar-refractivity contribution < 1.29 is 4.79 Å². The maximum atomic E-state index is 11.6. The van der Waals surface area contributed by atoms with Crippen LogP contribution in [0, 0.1) is 13.8 Å². The van der Waals surface area contributed by atoms with E-state index in [9.17, 15) is 4.79 Å². The van der Waals surface area contributed by atoms with Crippen molar-refractivity contribution in [2.45, 2.75) is 27.7 Å². The Balaban J connectivity index is 2.95. The first-order valence-corrected chi connectivity index (χ1v) is 6.56. The first-order chi connectivity index (χ1) is 8.99. The van der Waals surface area contributed by atoms with Crippen molar-refractivity contribution in [2.75, 3.05) is 36.9 Å². The van der Waals surface area contributed by atoms with Crippen LogP contribution in [-0.4, -0.2) is 42.6 Å². The Morgan fingerprint density at radius 1 is 1.21 bits per heavy atom. The normalized spacial score (nSPS) is 10.2. The molecule has 0 saturated heterocycles. The van der Waals surface area contributed by atoms with Crippen molar-refractivity contribution in [3.05, 3.63) is 11.4 Å². The van der Waals surface area contributed by atoms with Gasteiger partial charge in [-0.2, -0.15) is 0 Å². The summed E-state index contributed by atoms with van der Waals surface area (Å²) in [6, 6.07) is 0. The third kappa shape index (κ3) is 4.08. The molecule has 1 aromatic rings. The number of hydrogen-bond acceptors (Lipinski definition) is 5. The second-order valence-electron chi connectivity index (χ2n) is 4.41. The third-order valence-corrected chi connectivity index (χ3v) is 2.69. The summed E-state index contributed by atoms with van der Waals surface area (Å²) in [7, 11) is 1.86. The fourth-order valence-corrected chi connectivity index (χ4v) is 1.87. The first kappa shape index (κ1) is 15.2. The highest BCUT2D eigenvalue weighted by molar-refractivity contribution is 5.81. The number of carbonyl (C=O) groups is 1. The number of hydrogen-bond donors (Lipinski definition) is 2. The van der Waals surface area contributed by atoms with Crippen molar-refractivity contribution in [2.24, 2.45) is 0 Å². The van der Waals surface area contributed by atoms with E-state index in [-0.39, 0.29) is 12.5 Å². The minimum Gasteiger partial charge on any atom is -0.370 e. The van der Waals surface area contributed by atoms with Crippen LogP contribution in [0.1, 0.15) is 25.2 Å². The number of rotatable bonds is 6. The Kier molecular flexibility index (Phi) is 5.54. The van der Waals surface area contributed by atoms with E-state index >= 15 is 0 Å². The van der Waals surface area contributed by atoms with E-state index in [0.29, 0.717) is 12.4 Å². The average Bonchev–Trinajstić information content (AvgIpc) is 2.33. The lowest BCUT2D eigenvalue weighted by Gasteiger charge is -2.21. The topological polar surface area (TPSA) is 70.2 Å². The van der Waals surface area contributed by atoms with E-state index in [1.165, 1.54) is 0 Å². The molecular weight excluding hydrogens is 242 g/mol. The van der Waals surface area contributed by atoms with Gasteiger partial charge in [-0.15, -0.1) is 0 Å². The van der Waals surface area contributed by atoms with Crippen molar-refractivity contribution in [3.63, 3.8) is 0 Å². The zero-order chi connectivity index (χ0) is 14.4.